The van der Waals surface area contributed by atoms with E-state index < -0.39 is 0 Å². The lowest BCUT2D eigenvalue weighted by atomic mass is 9.90. The van der Waals surface area contributed by atoms with Gasteiger partial charge >= 0.3 is 0 Å². The molecule has 26 heavy (non-hydrogen) atoms. The zero-order valence-corrected chi connectivity index (χ0v) is 17.5. The molecule has 0 bridgehead atoms. The Morgan fingerprint density at radius 3 is 2.19 bits per heavy atom. The predicted octanol–water partition coefficient (Wildman–Crippen LogP) is 2.48. The van der Waals surface area contributed by atoms with Gasteiger partial charge in [-0.1, -0.05) is 13.8 Å². The normalized spacial score (nSPS) is 23.3. The monoisotopic (exact) mass is 402 g/mol. The summed E-state index contributed by atoms with van der Waals surface area (Å²) in [5.74, 6) is 0.134. The SMILES string of the molecule is CCN1CCN(c2ccc(C(=O)N3CCC(C)(CN)C3)cc2)CC1.Cl.Cl. The van der Waals surface area contributed by atoms with Crippen LogP contribution in [-0.2, 0) is 0 Å². The van der Waals surface area contributed by atoms with Crippen molar-refractivity contribution in [1.29, 1.82) is 0 Å². The first-order valence-electron chi connectivity index (χ1n) is 9.11. The largest absolute Gasteiger partial charge is 0.369 e. The van der Waals surface area contributed by atoms with Crippen LogP contribution >= 0.6 is 24.8 Å². The Morgan fingerprint density at radius 1 is 1.08 bits per heavy atom. The van der Waals surface area contributed by atoms with Crippen LogP contribution in [0.3, 0.4) is 0 Å². The van der Waals surface area contributed by atoms with E-state index >= 15 is 0 Å². The van der Waals surface area contributed by atoms with Crippen LogP contribution in [-0.4, -0.2) is 68.1 Å². The number of hydrogen-bond donors (Lipinski definition) is 1. The minimum absolute atomic E-state index is 0. The molecule has 1 unspecified atom stereocenters. The number of hydrogen-bond acceptors (Lipinski definition) is 4. The van der Waals surface area contributed by atoms with E-state index in [1.807, 2.05) is 17.0 Å². The minimum Gasteiger partial charge on any atom is -0.369 e. The summed E-state index contributed by atoms with van der Waals surface area (Å²) >= 11 is 0. The van der Waals surface area contributed by atoms with E-state index in [9.17, 15) is 4.79 Å². The molecule has 1 aromatic carbocycles. The van der Waals surface area contributed by atoms with Gasteiger partial charge in [-0.05, 0) is 49.2 Å². The molecule has 2 heterocycles. The lowest BCUT2D eigenvalue weighted by Gasteiger charge is -2.35. The molecule has 1 amide bonds. The molecular formula is C19H32Cl2N4O. The Balaban J connectivity index is 0.00000169. The summed E-state index contributed by atoms with van der Waals surface area (Å²) in [6.07, 6.45) is 0.995. The molecule has 2 N–H and O–H groups in total. The highest BCUT2D eigenvalue weighted by molar-refractivity contribution is 5.94. The lowest BCUT2D eigenvalue weighted by Crippen LogP contribution is -2.46. The highest BCUT2D eigenvalue weighted by atomic mass is 35.5. The predicted molar refractivity (Wildman–Crippen MR) is 113 cm³/mol. The molecule has 5 nitrogen and oxygen atoms in total. The van der Waals surface area contributed by atoms with Gasteiger partial charge in [-0.2, -0.15) is 0 Å². The van der Waals surface area contributed by atoms with Gasteiger partial charge in [-0.25, -0.2) is 0 Å². The molecule has 1 aromatic rings. The van der Waals surface area contributed by atoms with E-state index in [1.165, 1.54) is 5.69 Å². The standard InChI is InChI=1S/C19H30N4O.2ClH/c1-3-21-10-12-22(13-11-21)17-6-4-16(5-7-17)18(24)23-9-8-19(2,14-20)15-23;;/h4-7H,3,8-15,20H2,1-2H3;2*1H. The smallest absolute Gasteiger partial charge is 0.253 e. The zero-order chi connectivity index (χ0) is 17.2. The molecular weight excluding hydrogens is 371 g/mol. The quantitative estimate of drug-likeness (QED) is 0.840. The summed E-state index contributed by atoms with van der Waals surface area (Å²) < 4.78 is 0. The van der Waals surface area contributed by atoms with Crippen molar-refractivity contribution in [2.45, 2.75) is 20.3 Å². The fourth-order valence-electron chi connectivity index (χ4n) is 3.68. The van der Waals surface area contributed by atoms with Crippen molar-refractivity contribution in [3.63, 3.8) is 0 Å². The Labute approximate surface area is 169 Å². The Hall–Kier alpha value is -1.01. The fourth-order valence-corrected chi connectivity index (χ4v) is 3.68. The van der Waals surface area contributed by atoms with E-state index in [-0.39, 0.29) is 36.1 Å². The second kappa shape index (κ2) is 9.79. The maximum atomic E-state index is 12.7. The molecule has 0 aromatic heterocycles. The summed E-state index contributed by atoms with van der Waals surface area (Å²) in [5.41, 5.74) is 7.92. The van der Waals surface area contributed by atoms with Crippen molar-refractivity contribution in [3.8, 4) is 0 Å². The molecule has 0 radical (unpaired) electrons. The topological polar surface area (TPSA) is 52.8 Å². The number of likely N-dealkylation sites (tertiary alicyclic amines) is 1. The van der Waals surface area contributed by atoms with E-state index in [1.54, 1.807) is 0 Å². The van der Waals surface area contributed by atoms with Gasteiger partial charge in [0.15, 0.2) is 0 Å². The van der Waals surface area contributed by atoms with Gasteiger partial charge in [-0.15, -0.1) is 24.8 Å². The Morgan fingerprint density at radius 2 is 1.69 bits per heavy atom. The molecule has 2 fully saturated rings. The average molecular weight is 403 g/mol. The number of benzene rings is 1. The third-order valence-corrected chi connectivity index (χ3v) is 5.64. The summed E-state index contributed by atoms with van der Waals surface area (Å²) in [6, 6.07) is 8.13. The number of halogens is 2. The maximum Gasteiger partial charge on any atom is 0.253 e. The highest BCUT2D eigenvalue weighted by Crippen LogP contribution is 2.29. The van der Waals surface area contributed by atoms with Crippen LogP contribution in [0.4, 0.5) is 5.69 Å². The second-order valence-corrected chi connectivity index (χ2v) is 7.46. The first-order chi connectivity index (χ1) is 11.5. The van der Waals surface area contributed by atoms with Crippen molar-refractivity contribution in [1.82, 2.24) is 9.80 Å². The number of likely N-dealkylation sites (N-methyl/N-ethyl adjacent to an activating group) is 1. The average Bonchev–Trinajstić information content (AvgIpc) is 3.04. The minimum atomic E-state index is 0. The van der Waals surface area contributed by atoms with Crippen molar-refractivity contribution in [3.05, 3.63) is 29.8 Å². The lowest BCUT2D eigenvalue weighted by molar-refractivity contribution is 0.0777. The van der Waals surface area contributed by atoms with Crippen molar-refractivity contribution in [2.24, 2.45) is 11.1 Å². The van der Waals surface area contributed by atoms with Gasteiger partial charge in [0.1, 0.15) is 0 Å². The number of piperazine rings is 1. The van der Waals surface area contributed by atoms with Gasteiger partial charge in [-0.3, -0.25) is 4.79 Å². The molecule has 2 saturated heterocycles. The van der Waals surface area contributed by atoms with Crippen LogP contribution in [0.2, 0.25) is 0 Å². The molecule has 1 atom stereocenters. The van der Waals surface area contributed by atoms with Gasteiger partial charge in [0.05, 0.1) is 0 Å². The van der Waals surface area contributed by atoms with E-state index in [4.69, 9.17) is 5.73 Å². The van der Waals surface area contributed by atoms with Gasteiger partial charge in [0.2, 0.25) is 0 Å². The first kappa shape index (κ1) is 23.0. The summed E-state index contributed by atoms with van der Waals surface area (Å²) in [4.78, 5) is 19.5. The van der Waals surface area contributed by atoms with Crippen LogP contribution in [0.25, 0.3) is 0 Å². The third-order valence-electron chi connectivity index (χ3n) is 5.64. The van der Waals surface area contributed by atoms with Crippen LogP contribution in [0.15, 0.2) is 24.3 Å². The molecule has 7 heteroatoms. The van der Waals surface area contributed by atoms with Gasteiger partial charge < -0.3 is 20.4 Å². The summed E-state index contributed by atoms with van der Waals surface area (Å²) in [7, 11) is 0. The summed E-state index contributed by atoms with van der Waals surface area (Å²) in [6.45, 7) is 12.1. The van der Waals surface area contributed by atoms with Crippen molar-refractivity contribution in [2.75, 3.05) is 57.3 Å². The van der Waals surface area contributed by atoms with Gasteiger partial charge in [0, 0.05) is 50.5 Å². The van der Waals surface area contributed by atoms with Crippen LogP contribution < -0.4 is 10.6 Å². The summed E-state index contributed by atoms with van der Waals surface area (Å²) in [5, 5.41) is 0. The van der Waals surface area contributed by atoms with E-state index in [0.29, 0.717) is 6.54 Å². The second-order valence-electron chi connectivity index (χ2n) is 7.46. The van der Waals surface area contributed by atoms with Gasteiger partial charge in [0.25, 0.3) is 5.91 Å². The number of carbonyl (C=O) groups excluding carboxylic acids is 1. The molecule has 148 valence electrons. The third kappa shape index (κ3) is 5.03. The van der Waals surface area contributed by atoms with Crippen LogP contribution in [0.5, 0.6) is 0 Å². The van der Waals surface area contributed by atoms with Crippen LogP contribution in [0, 0.1) is 5.41 Å². The highest BCUT2D eigenvalue weighted by Gasteiger charge is 2.35. The zero-order valence-electron chi connectivity index (χ0n) is 15.8. The number of anilines is 1. The number of rotatable bonds is 4. The molecule has 0 saturated carbocycles. The molecule has 0 aliphatic carbocycles. The number of nitrogens with zero attached hydrogens (tertiary/aromatic N) is 3. The number of carbonyl (C=O) groups is 1. The fraction of sp³-hybridized carbons (Fsp3) is 0.632. The Bertz CT molecular complexity index is 575. The first-order valence-corrected chi connectivity index (χ1v) is 9.11. The molecule has 2 aliphatic heterocycles. The Kier molecular flexibility index (Phi) is 8.67. The molecule has 0 spiro atoms. The number of nitrogens with two attached hydrogens (primary N) is 1. The number of amides is 1. The van der Waals surface area contributed by atoms with E-state index in [0.717, 1.165) is 57.8 Å². The van der Waals surface area contributed by atoms with Crippen molar-refractivity contribution >= 4 is 36.4 Å². The van der Waals surface area contributed by atoms with E-state index in [2.05, 4.69) is 35.8 Å². The molecule has 2 aliphatic rings. The maximum absolute atomic E-state index is 12.7. The molecule has 3 rings (SSSR count). The van der Waals surface area contributed by atoms with Crippen LogP contribution in [0.1, 0.15) is 30.6 Å². The van der Waals surface area contributed by atoms with Crippen molar-refractivity contribution < 1.29 is 4.79 Å².